The van der Waals surface area contributed by atoms with Gasteiger partial charge in [0.1, 0.15) is 5.75 Å². The number of benzene rings is 1. The van der Waals surface area contributed by atoms with Crippen molar-refractivity contribution in [2.75, 3.05) is 34.4 Å². The summed E-state index contributed by atoms with van der Waals surface area (Å²) in [5.41, 5.74) is 1.25. The Morgan fingerprint density at radius 3 is 2.41 bits per heavy atom. The third-order valence-electron chi connectivity index (χ3n) is 2.36. The lowest BCUT2D eigenvalue weighted by atomic mass is 10.1. The van der Waals surface area contributed by atoms with Crippen molar-refractivity contribution in [3.05, 3.63) is 29.8 Å². The van der Waals surface area contributed by atoms with E-state index in [0.29, 0.717) is 5.75 Å². The summed E-state index contributed by atoms with van der Waals surface area (Å²) in [5, 5.41) is 0. The predicted octanol–water partition coefficient (Wildman–Crippen LogP) is 1.34. The molecule has 0 unspecified atom stereocenters. The fourth-order valence-electron chi connectivity index (χ4n) is 1.31. The highest BCUT2D eigenvalue weighted by molar-refractivity contribution is 5.70. The van der Waals surface area contributed by atoms with Gasteiger partial charge in [-0.05, 0) is 38.2 Å². The van der Waals surface area contributed by atoms with Crippen molar-refractivity contribution < 1.29 is 14.3 Å². The van der Waals surface area contributed by atoms with Crippen molar-refractivity contribution >= 4 is 5.97 Å². The Bertz CT molecular complexity index is 346. The highest BCUT2D eigenvalue weighted by atomic mass is 16.6. The number of likely N-dealkylation sites (N-methyl/N-ethyl adjacent to an activating group) is 1. The van der Waals surface area contributed by atoms with E-state index >= 15 is 0 Å². The highest BCUT2D eigenvalue weighted by Gasteiger charge is 2.01. The maximum atomic E-state index is 10.9. The van der Waals surface area contributed by atoms with Gasteiger partial charge in [-0.3, -0.25) is 0 Å². The zero-order valence-electron chi connectivity index (χ0n) is 10.6. The van der Waals surface area contributed by atoms with Crippen molar-refractivity contribution in [2.45, 2.75) is 6.42 Å². The Morgan fingerprint density at radius 1 is 1.24 bits per heavy atom. The van der Waals surface area contributed by atoms with Crippen LogP contribution in [0.5, 0.6) is 5.75 Å². The second kappa shape index (κ2) is 6.91. The van der Waals surface area contributed by atoms with Crippen molar-refractivity contribution in [3.8, 4) is 5.75 Å². The maximum absolute atomic E-state index is 10.9. The van der Waals surface area contributed by atoms with Crippen LogP contribution in [0.2, 0.25) is 0 Å². The number of nitrogens with zero attached hydrogens (tertiary/aromatic N) is 1. The monoisotopic (exact) mass is 237 g/mol. The number of methoxy groups -OCH3 is 1. The summed E-state index contributed by atoms with van der Waals surface area (Å²) in [6.45, 7) is 0.968. The van der Waals surface area contributed by atoms with Gasteiger partial charge in [0.25, 0.3) is 0 Å². The molecule has 1 aromatic rings. The molecule has 1 rings (SSSR count). The Morgan fingerprint density at radius 2 is 1.88 bits per heavy atom. The second-order valence-corrected chi connectivity index (χ2v) is 4.06. The average Bonchev–Trinajstić information content (AvgIpc) is 2.34. The molecule has 0 radical (unpaired) electrons. The molecule has 4 nitrogen and oxygen atoms in total. The van der Waals surface area contributed by atoms with Crippen molar-refractivity contribution in [1.82, 2.24) is 4.90 Å². The average molecular weight is 237 g/mol. The maximum Gasteiger partial charge on any atom is 0.343 e. The second-order valence-electron chi connectivity index (χ2n) is 4.06. The van der Waals surface area contributed by atoms with Crippen LogP contribution < -0.4 is 4.74 Å². The van der Waals surface area contributed by atoms with E-state index in [1.165, 1.54) is 12.7 Å². The molecule has 94 valence electrons. The van der Waals surface area contributed by atoms with Crippen LogP contribution in [0.4, 0.5) is 0 Å². The highest BCUT2D eigenvalue weighted by Crippen LogP contribution is 2.12. The number of hydrogen-bond acceptors (Lipinski definition) is 4. The molecule has 0 aliphatic carbocycles. The van der Waals surface area contributed by atoms with Gasteiger partial charge in [-0.1, -0.05) is 12.1 Å². The van der Waals surface area contributed by atoms with Gasteiger partial charge in [0, 0.05) is 6.54 Å². The van der Waals surface area contributed by atoms with Crippen LogP contribution in [0.15, 0.2) is 24.3 Å². The van der Waals surface area contributed by atoms with E-state index in [9.17, 15) is 4.79 Å². The summed E-state index contributed by atoms with van der Waals surface area (Å²) in [6, 6.07) is 7.76. The molecule has 0 spiro atoms. The number of carbonyl (C=O) groups excluding carboxylic acids is 1. The van der Waals surface area contributed by atoms with E-state index in [-0.39, 0.29) is 12.6 Å². The molecule has 0 bridgehead atoms. The summed E-state index contributed by atoms with van der Waals surface area (Å²) in [4.78, 5) is 13.0. The van der Waals surface area contributed by atoms with Gasteiger partial charge in [0.05, 0.1) is 7.11 Å². The predicted molar refractivity (Wildman–Crippen MR) is 66.2 cm³/mol. The van der Waals surface area contributed by atoms with Crippen LogP contribution in [-0.2, 0) is 16.0 Å². The van der Waals surface area contributed by atoms with Crippen molar-refractivity contribution in [2.24, 2.45) is 0 Å². The molecule has 0 amide bonds. The summed E-state index contributed by atoms with van der Waals surface area (Å²) < 4.78 is 9.75. The van der Waals surface area contributed by atoms with Gasteiger partial charge in [-0.2, -0.15) is 0 Å². The van der Waals surface area contributed by atoms with E-state index in [1.54, 1.807) is 0 Å². The molecule has 0 saturated carbocycles. The summed E-state index contributed by atoms with van der Waals surface area (Å²) in [7, 11) is 5.44. The number of carbonyl (C=O) groups is 1. The van der Waals surface area contributed by atoms with Crippen LogP contribution >= 0.6 is 0 Å². The lowest BCUT2D eigenvalue weighted by Gasteiger charge is -2.10. The van der Waals surface area contributed by atoms with E-state index in [0.717, 1.165) is 13.0 Å². The first kappa shape index (κ1) is 13.5. The van der Waals surface area contributed by atoms with Crippen molar-refractivity contribution in [3.63, 3.8) is 0 Å². The number of esters is 1. The van der Waals surface area contributed by atoms with Gasteiger partial charge in [0.15, 0.2) is 6.61 Å². The Balaban J connectivity index is 2.42. The van der Waals surface area contributed by atoms with Crippen LogP contribution in [0.25, 0.3) is 0 Å². The molecule has 0 heterocycles. The number of rotatable bonds is 6. The zero-order valence-corrected chi connectivity index (χ0v) is 10.6. The molecule has 0 aliphatic heterocycles. The number of ether oxygens (including phenoxy) is 2. The lowest BCUT2D eigenvalue weighted by molar-refractivity contribution is -0.142. The van der Waals surface area contributed by atoms with Gasteiger partial charge in [0.2, 0.25) is 0 Å². The van der Waals surface area contributed by atoms with Crippen LogP contribution in [0.1, 0.15) is 5.56 Å². The molecule has 0 atom stereocenters. The van der Waals surface area contributed by atoms with Crippen molar-refractivity contribution in [1.29, 1.82) is 0 Å². The molecule has 0 aromatic heterocycles. The Hall–Kier alpha value is -1.55. The molecule has 1 aromatic carbocycles. The topological polar surface area (TPSA) is 38.8 Å². The lowest BCUT2D eigenvalue weighted by Crippen LogP contribution is -2.15. The largest absolute Gasteiger partial charge is 0.482 e. The fourth-order valence-corrected chi connectivity index (χ4v) is 1.31. The molecular formula is C13H19NO3. The molecule has 0 N–H and O–H groups in total. The summed E-state index contributed by atoms with van der Waals surface area (Å²) in [6.07, 6.45) is 1.00. The van der Waals surface area contributed by atoms with Gasteiger partial charge >= 0.3 is 5.97 Å². The standard InChI is InChI=1S/C13H19NO3/c1-14(2)9-8-11-4-6-12(7-5-11)17-10-13(15)16-3/h4-7H,8-10H2,1-3H3. The summed E-state index contributed by atoms with van der Waals surface area (Å²) >= 11 is 0. The minimum atomic E-state index is -0.373. The molecule has 0 saturated heterocycles. The molecule has 4 heteroatoms. The molecular weight excluding hydrogens is 218 g/mol. The minimum absolute atomic E-state index is 0.0481. The first-order valence-electron chi connectivity index (χ1n) is 5.55. The van der Waals surface area contributed by atoms with Gasteiger partial charge in [-0.25, -0.2) is 4.79 Å². The Labute approximate surface area is 102 Å². The quantitative estimate of drug-likeness (QED) is 0.700. The van der Waals surface area contributed by atoms with E-state index < -0.39 is 0 Å². The number of hydrogen-bond donors (Lipinski definition) is 0. The zero-order chi connectivity index (χ0) is 12.7. The van der Waals surface area contributed by atoms with E-state index in [1.807, 2.05) is 38.4 Å². The van der Waals surface area contributed by atoms with Gasteiger partial charge < -0.3 is 14.4 Å². The first-order valence-corrected chi connectivity index (χ1v) is 5.55. The molecule has 0 fully saturated rings. The van der Waals surface area contributed by atoms with Crippen LogP contribution in [0, 0.1) is 0 Å². The molecule has 17 heavy (non-hydrogen) atoms. The minimum Gasteiger partial charge on any atom is -0.482 e. The fraction of sp³-hybridized carbons (Fsp3) is 0.462. The smallest absolute Gasteiger partial charge is 0.343 e. The molecule has 0 aliphatic rings. The van der Waals surface area contributed by atoms with Crippen LogP contribution in [0.3, 0.4) is 0 Å². The SMILES string of the molecule is COC(=O)COc1ccc(CCN(C)C)cc1. The van der Waals surface area contributed by atoms with Crippen LogP contribution in [-0.4, -0.2) is 45.2 Å². The summed E-state index contributed by atoms with van der Waals surface area (Å²) in [5.74, 6) is 0.311. The van der Waals surface area contributed by atoms with E-state index in [2.05, 4.69) is 9.64 Å². The Kier molecular flexibility index (Phi) is 5.49. The normalized spacial score (nSPS) is 10.4. The third kappa shape index (κ3) is 5.36. The third-order valence-corrected chi connectivity index (χ3v) is 2.36. The van der Waals surface area contributed by atoms with E-state index in [4.69, 9.17) is 4.74 Å². The van der Waals surface area contributed by atoms with Gasteiger partial charge in [-0.15, -0.1) is 0 Å². The first-order chi connectivity index (χ1) is 8.11.